The van der Waals surface area contributed by atoms with Crippen molar-refractivity contribution in [3.05, 3.63) is 59.9 Å². The molecular formula is C18H15F2N3O. The van der Waals surface area contributed by atoms with Crippen LogP contribution in [0.1, 0.15) is 18.2 Å². The van der Waals surface area contributed by atoms with Crippen LogP contribution < -0.4 is 4.90 Å². The number of amides is 1. The van der Waals surface area contributed by atoms with E-state index in [2.05, 4.69) is 4.98 Å². The molecule has 1 saturated heterocycles. The highest BCUT2D eigenvalue weighted by Crippen LogP contribution is 2.33. The van der Waals surface area contributed by atoms with E-state index in [1.54, 1.807) is 0 Å². The maximum absolute atomic E-state index is 13.5. The van der Waals surface area contributed by atoms with Gasteiger partial charge < -0.3 is 9.47 Å². The van der Waals surface area contributed by atoms with Gasteiger partial charge in [0, 0.05) is 37.7 Å². The number of fused-ring (bicyclic) bond motifs is 1. The predicted molar refractivity (Wildman–Crippen MR) is 86.8 cm³/mol. The molecule has 2 heterocycles. The number of hydrogen-bond acceptors (Lipinski definition) is 2. The van der Waals surface area contributed by atoms with Crippen LogP contribution in [0, 0.1) is 11.6 Å². The second kappa shape index (κ2) is 5.40. The molecule has 0 aliphatic carbocycles. The molecule has 1 amide bonds. The van der Waals surface area contributed by atoms with Crippen LogP contribution in [0.15, 0.2) is 42.5 Å². The van der Waals surface area contributed by atoms with Gasteiger partial charge in [0.1, 0.15) is 5.82 Å². The van der Waals surface area contributed by atoms with E-state index in [1.165, 1.54) is 11.0 Å². The molecule has 4 nitrogen and oxygen atoms in total. The lowest BCUT2D eigenvalue weighted by Gasteiger charge is -2.17. The number of para-hydroxylation sites is 2. The van der Waals surface area contributed by atoms with E-state index in [1.807, 2.05) is 35.9 Å². The SMILES string of the molecule is Cn1c(C2CC(=O)N(c3ccc(F)c(F)c3)C2)nc2ccccc21. The summed E-state index contributed by atoms with van der Waals surface area (Å²) in [6.45, 7) is 0.404. The summed E-state index contributed by atoms with van der Waals surface area (Å²) in [6.07, 6.45) is 0.302. The summed E-state index contributed by atoms with van der Waals surface area (Å²) in [5, 5.41) is 0. The molecule has 1 aromatic heterocycles. The molecule has 1 unspecified atom stereocenters. The van der Waals surface area contributed by atoms with Gasteiger partial charge in [-0.3, -0.25) is 4.79 Å². The molecule has 1 atom stereocenters. The largest absolute Gasteiger partial charge is 0.331 e. The third-order valence-electron chi connectivity index (χ3n) is 4.53. The first-order valence-electron chi connectivity index (χ1n) is 7.71. The quantitative estimate of drug-likeness (QED) is 0.724. The maximum Gasteiger partial charge on any atom is 0.227 e. The normalized spacial score (nSPS) is 17.9. The highest BCUT2D eigenvalue weighted by atomic mass is 19.2. The van der Waals surface area contributed by atoms with Gasteiger partial charge in [-0.05, 0) is 24.3 Å². The number of imidazole rings is 1. The zero-order chi connectivity index (χ0) is 16.8. The maximum atomic E-state index is 13.5. The Morgan fingerprint density at radius 2 is 1.92 bits per heavy atom. The van der Waals surface area contributed by atoms with Crippen LogP contribution in [0.3, 0.4) is 0 Å². The highest BCUT2D eigenvalue weighted by molar-refractivity contribution is 5.96. The smallest absolute Gasteiger partial charge is 0.227 e. The van der Waals surface area contributed by atoms with Crippen molar-refractivity contribution < 1.29 is 13.6 Å². The van der Waals surface area contributed by atoms with Crippen molar-refractivity contribution in [2.24, 2.45) is 7.05 Å². The molecule has 2 aromatic carbocycles. The summed E-state index contributed by atoms with van der Waals surface area (Å²) < 4.78 is 28.5. The van der Waals surface area contributed by atoms with E-state index in [9.17, 15) is 13.6 Å². The molecule has 3 aromatic rings. The number of aryl methyl sites for hydroxylation is 1. The van der Waals surface area contributed by atoms with Crippen molar-refractivity contribution in [2.75, 3.05) is 11.4 Å². The lowest BCUT2D eigenvalue weighted by atomic mass is 10.1. The van der Waals surface area contributed by atoms with Gasteiger partial charge in [-0.15, -0.1) is 0 Å². The van der Waals surface area contributed by atoms with Crippen LogP contribution in [0.4, 0.5) is 14.5 Å². The van der Waals surface area contributed by atoms with E-state index >= 15 is 0 Å². The van der Waals surface area contributed by atoms with Crippen LogP contribution in [-0.2, 0) is 11.8 Å². The van der Waals surface area contributed by atoms with Crippen LogP contribution in [0.5, 0.6) is 0 Å². The van der Waals surface area contributed by atoms with Crippen molar-refractivity contribution in [3.63, 3.8) is 0 Å². The summed E-state index contributed by atoms with van der Waals surface area (Å²) in [5.74, 6) is -1.24. The molecule has 0 spiro atoms. The zero-order valence-electron chi connectivity index (χ0n) is 13.0. The first kappa shape index (κ1) is 14.8. The van der Waals surface area contributed by atoms with Crippen LogP contribution in [0.25, 0.3) is 11.0 Å². The fourth-order valence-corrected chi connectivity index (χ4v) is 3.31. The Morgan fingerprint density at radius 1 is 1.12 bits per heavy atom. The van der Waals surface area contributed by atoms with Crippen LogP contribution in [0.2, 0.25) is 0 Å². The van der Waals surface area contributed by atoms with E-state index in [4.69, 9.17) is 0 Å². The third-order valence-corrected chi connectivity index (χ3v) is 4.53. The molecular weight excluding hydrogens is 312 g/mol. The summed E-state index contributed by atoms with van der Waals surface area (Å²) >= 11 is 0. The van der Waals surface area contributed by atoms with Crippen molar-refractivity contribution in [1.82, 2.24) is 9.55 Å². The number of benzene rings is 2. The molecule has 0 N–H and O–H groups in total. The predicted octanol–water partition coefficient (Wildman–Crippen LogP) is 3.37. The molecule has 4 rings (SSSR count). The minimum absolute atomic E-state index is 0.0805. The van der Waals surface area contributed by atoms with Gasteiger partial charge in [-0.2, -0.15) is 0 Å². The number of rotatable bonds is 2. The second-order valence-electron chi connectivity index (χ2n) is 6.02. The molecule has 122 valence electrons. The van der Waals surface area contributed by atoms with Crippen molar-refractivity contribution in [2.45, 2.75) is 12.3 Å². The van der Waals surface area contributed by atoms with Gasteiger partial charge in [-0.25, -0.2) is 13.8 Å². The Labute approximate surface area is 137 Å². The Hall–Kier alpha value is -2.76. The summed E-state index contributed by atoms with van der Waals surface area (Å²) in [4.78, 5) is 18.5. The number of carbonyl (C=O) groups excluding carboxylic acids is 1. The number of nitrogens with zero attached hydrogens (tertiary/aromatic N) is 3. The molecule has 1 fully saturated rings. The van der Waals surface area contributed by atoms with Crippen LogP contribution in [-0.4, -0.2) is 22.0 Å². The van der Waals surface area contributed by atoms with Gasteiger partial charge in [0.05, 0.1) is 11.0 Å². The highest BCUT2D eigenvalue weighted by Gasteiger charge is 2.34. The third kappa shape index (κ3) is 2.26. The Kier molecular flexibility index (Phi) is 3.33. The van der Waals surface area contributed by atoms with Gasteiger partial charge in [0.15, 0.2) is 11.6 Å². The monoisotopic (exact) mass is 327 g/mol. The van der Waals surface area contributed by atoms with Crippen LogP contribution >= 0.6 is 0 Å². The Balaban J connectivity index is 1.68. The number of aromatic nitrogens is 2. The number of hydrogen-bond donors (Lipinski definition) is 0. The molecule has 6 heteroatoms. The number of halogens is 2. The minimum atomic E-state index is -0.952. The first-order chi connectivity index (χ1) is 11.5. The van der Waals surface area contributed by atoms with Gasteiger partial charge >= 0.3 is 0 Å². The van der Waals surface area contributed by atoms with Crippen molar-refractivity contribution in [3.8, 4) is 0 Å². The zero-order valence-corrected chi connectivity index (χ0v) is 13.0. The van der Waals surface area contributed by atoms with Gasteiger partial charge in [-0.1, -0.05) is 12.1 Å². The summed E-state index contributed by atoms with van der Waals surface area (Å²) in [7, 11) is 1.93. The second-order valence-corrected chi connectivity index (χ2v) is 6.02. The van der Waals surface area contributed by atoms with E-state index in [0.717, 1.165) is 29.0 Å². The fraction of sp³-hybridized carbons (Fsp3) is 0.222. The topological polar surface area (TPSA) is 38.1 Å². The van der Waals surface area contributed by atoms with Crippen molar-refractivity contribution in [1.29, 1.82) is 0 Å². The first-order valence-corrected chi connectivity index (χ1v) is 7.71. The van der Waals surface area contributed by atoms with Gasteiger partial charge in [0.25, 0.3) is 0 Å². The molecule has 1 aliphatic heterocycles. The molecule has 1 aliphatic rings. The van der Waals surface area contributed by atoms with Crippen molar-refractivity contribution >= 4 is 22.6 Å². The van der Waals surface area contributed by atoms with E-state index in [-0.39, 0.29) is 11.8 Å². The van der Waals surface area contributed by atoms with Gasteiger partial charge in [0.2, 0.25) is 5.91 Å². The fourth-order valence-electron chi connectivity index (χ4n) is 3.31. The Bertz CT molecular complexity index is 951. The minimum Gasteiger partial charge on any atom is -0.331 e. The molecule has 0 saturated carbocycles. The van der Waals surface area contributed by atoms with E-state index in [0.29, 0.717) is 18.7 Å². The number of carbonyl (C=O) groups is 1. The lowest BCUT2D eigenvalue weighted by Crippen LogP contribution is -2.24. The summed E-state index contributed by atoms with van der Waals surface area (Å²) in [5.41, 5.74) is 2.26. The molecule has 0 bridgehead atoms. The number of anilines is 1. The van der Waals surface area contributed by atoms with E-state index < -0.39 is 11.6 Å². The average molecular weight is 327 g/mol. The summed E-state index contributed by atoms with van der Waals surface area (Å²) in [6, 6.07) is 11.3. The average Bonchev–Trinajstić information content (AvgIpc) is 3.11. The molecule has 0 radical (unpaired) electrons. The Morgan fingerprint density at radius 3 is 2.67 bits per heavy atom. The molecule has 24 heavy (non-hydrogen) atoms. The lowest BCUT2D eigenvalue weighted by molar-refractivity contribution is -0.117. The standard InChI is InChI=1S/C18H15F2N3O/c1-22-16-5-3-2-4-15(16)21-18(22)11-8-17(24)23(10-11)12-6-7-13(19)14(20)9-12/h2-7,9,11H,8,10H2,1H3.